The van der Waals surface area contributed by atoms with E-state index < -0.39 is 0 Å². The molecule has 0 heterocycles. The molecule has 1 amide bonds. The lowest BCUT2D eigenvalue weighted by Gasteiger charge is -2.16. The predicted molar refractivity (Wildman–Crippen MR) is 94.4 cm³/mol. The van der Waals surface area contributed by atoms with Crippen LogP contribution >= 0.6 is 0 Å². The summed E-state index contributed by atoms with van der Waals surface area (Å²) < 4.78 is 5.12. The van der Waals surface area contributed by atoms with Crippen LogP contribution in [0.25, 0.3) is 6.08 Å². The number of benzene rings is 2. The third-order valence-electron chi connectivity index (χ3n) is 3.75. The average molecular weight is 309 g/mol. The molecule has 0 aliphatic heterocycles. The van der Waals surface area contributed by atoms with Crippen molar-refractivity contribution in [1.29, 1.82) is 0 Å². The van der Waals surface area contributed by atoms with Crippen molar-refractivity contribution in [3.8, 4) is 5.75 Å². The van der Waals surface area contributed by atoms with Gasteiger partial charge in [0.15, 0.2) is 0 Å². The third-order valence-corrected chi connectivity index (χ3v) is 3.75. The molecule has 1 N–H and O–H groups in total. The number of nitrogens with one attached hydrogen (secondary N) is 1. The second-order valence-corrected chi connectivity index (χ2v) is 5.49. The maximum absolute atomic E-state index is 12.1. The zero-order valence-corrected chi connectivity index (χ0v) is 13.9. The molecule has 0 bridgehead atoms. The van der Waals surface area contributed by atoms with Gasteiger partial charge in [-0.3, -0.25) is 4.79 Å². The normalized spacial score (nSPS) is 12.1. The van der Waals surface area contributed by atoms with Crippen LogP contribution in [0.1, 0.15) is 36.1 Å². The molecule has 3 nitrogen and oxygen atoms in total. The van der Waals surface area contributed by atoms with Crippen LogP contribution in [0.3, 0.4) is 0 Å². The van der Waals surface area contributed by atoms with Gasteiger partial charge < -0.3 is 10.1 Å². The van der Waals surface area contributed by atoms with Crippen LogP contribution in [-0.4, -0.2) is 13.0 Å². The first-order chi connectivity index (χ1) is 11.1. The fraction of sp³-hybridized carbons (Fsp3) is 0.250. The van der Waals surface area contributed by atoms with E-state index in [0.717, 1.165) is 23.3 Å². The Bertz CT molecular complexity index is 657. The quantitative estimate of drug-likeness (QED) is 0.809. The highest BCUT2D eigenvalue weighted by Crippen LogP contribution is 2.17. The van der Waals surface area contributed by atoms with Crippen LogP contribution in [0.4, 0.5) is 0 Å². The van der Waals surface area contributed by atoms with Gasteiger partial charge in [-0.05, 0) is 42.7 Å². The standard InChI is InChI=1S/C20H23NO2/c1-4-19(17-10-5-15(2)6-11-17)21-20(22)14-9-16-7-12-18(23-3)13-8-16/h5-14,19H,4H2,1-3H3,(H,21,22)/b14-9+/t19-/m1/s1. The third kappa shape index (κ3) is 4.99. The molecule has 0 aliphatic carbocycles. The van der Waals surface area contributed by atoms with Crippen LogP contribution in [0.5, 0.6) is 5.75 Å². The fourth-order valence-corrected chi connectivity index (χ4v) is 2.33. The summed E-state index contributed by atoms with van der Waals surface area (Å²) in [4.78, 5) is 12.1. The number of carbonyl (C=O) groups excluding carboxylic acids is 1. The molecule has 120 valence electrons. The van der Waals surface area contributed by atoms with Crippen molar-refractivity contribution in [1.82, 2.24) is 5.32 Å². The molecule has 0 fully saturated rings. The van der Waals surface area contributed by atoms with Crippen LogP contribution in [0, 0.1) is 6.92 Å². The van der Waals surface area contributed by atoms with E-state index in [1.54, 1.807) is 19.3 Å². The van der Waals surface area contributed by atoms with Crippen LogP contribution in [0.2, 0.25) is 0 Å². The minimum Gasteiger partial charge on any atom is -0.497 e. The number of hydrogen-bond donors (Lipinski definition) is 1. The molecule has 2 aromatic carbocycles. The summed E-state index contributed by atoms with van der Waals surface area (Å²) in [6.07, 6.45) is 4.22. The predicted octanol–water partition coefficient (Wildman–Crippen LogP) is 4.28. The van der Waals surface area contributed by atoms with Crippen molar-refractivity contribution in [2.45, 2.75) is 26.3 Å². The molecule has 0 aliphatic rings. The first kappa shape index (κ1) is 16.8. The molecule has 0 saturated heterocycles. The summed E-state index contributed by atoms with van der Waals surface area (Å²) in [5.41, 5.74) is 3.31. The van der Waals surface area contributed by atoms with Gasteiger partial charge in [0.05, 0.1) is 13.2 Å². The Hall–Kier alpha value is -2.55. The zero-order chi connectivity index (χ0) is 16.7. The first-order valence-electron chi connectivity index (χ1n) is 7.81. The average Bonchev–Trinajstić information content (AvgIpc) is 2.59. The van der Waals surface area contributed by atoms with Crippen molar-refractivity contribution in [2.24, 2.45) is 0 Å². The van der Waals surface area contributed by atoms with Gasteiger partial charge in [-0.2, -0.15) is 0 Å². The van der Waals surface area contributed by atoms with Gasteiger partial charge in [-0.1, -0.05) is 48.9 Å². The SMILES string of the molecule is CC[C@@H](NC(=O)/C=C/c1ccc(OC)cc1)c1ccc(C)cc1. The van der Waals surface area contributed by atoms with E-state index in [9.17, 15) is 4.79 Å². The maximum Gasteiger partial charge on any atom is 0.244 e. The zero-order valence-electron chi connectivity index (χ0n) is 13.9. The van der Waals surface area contributed by atoms with Crippen molar-refractivity contribution in [3.05, 3.63) is 71.3 Å². The lowest BCUT2D eigenvalue weighted by molar-refractivity contribution is -0.117. The molecule has 23 heavy (non-hydrogen) atoms. The molecule has 1 atom stereocenters. The molecular formula is C20H23NO2. The largest absolute Gasteiger partial charge is 0.497 e. The van der Waals surface area contributed by atoms with E-state index in [0.29, 0.717) is 0 Å². The molecular weight excluding hydrogens is 286 g/mol. The Morgan fingerprint density at radius 3 is 2.35 bits per heavy atom. The lowest BCUT2D eigenvalue weighted by Crippen LogP contribution is -2.26. The number of ether oxygens (including phenoxy) is 1. The van der Waals surface area contributed by atoms with Crippen LogP contribution in [-0.2, 0) is 4.79 Å². The number of hydrogen-bond acceptors (Lipinski definition) is 2. The molecule has 0 spiro atoms. The summed E-state index contributed by atoms with van der Waals surface area (Å²) in [6.45, 7) is 4.12. The van der Waals surface area contributed by atoms with Gasteiger partial charge >= 0.3 is 0 Å². The molecule has 0 aromatic heterocycles. The topological polar surface area (TPSA) is 38.3 Å². The summed E-state index contributed by atoms with van der Waals surface area (Å²) in [5, 5.41) is 3.04. The Balaban J connectivity index is 1.98. The molecule has 2 rings (SSSR count). The minimum atomic E-state index is -0.0896. The van der Waals surface area contributed by atoms with E-state index in [1.807, 2.05) is 24.3 Å². The highest BCUT2D eigenvalue weighted by molar-refractivity contribution is 5.92. The number of methoxy groups -OCH3 is 1. The summed E-state index contributed by atoms with van der Waals surface area (Å²) in [5.74, 6) is 0.713. The van der Waals surface area contributed by atoms with Crippen LogP contribution in [0.15, 0.2) is 54.6 Å². The smallest absolute Gasteiger partial charge is 0.244 e. The summed E-state index contributed by atoms with van der Waals surface area (Å²) in [7, 11) is 1.63. The number of rotatable bonds is 6. The summed E-state index contributed by atoms with van der Waals surface area (Å²) >= 11 is 0. The Kier molecular flexibility index (Phi) is 5.98. The van der Waals surface area contributed by atoms with Crippen molar-refractivity contribution < 1.29 is 9.53 Å². The summed E-state index contributed by atoms with van der Waals surface area (Å²) in [6, 6.07) is 15.9. The lowest BCUT2D eigenvalue weighted by atomic mass is 10.0. The van der Waals surface area contributed by atoms with E-state index in [4.69, 9.17) is 4.74 Å². The highest BCUT2D eigenvalue weighted by atomic mass is 16.5. The second-order valence-electron chi connectivity index (χ2n) is 5.49. The number of amides is 1. The Morgan fingerprint density at radius 2 is 1.78 bits per heavy atom. The van der Waals surface area contributed by atoms with Gasteiger partial charge in [-0.25, -0.2) is 0 Å². The minimum absolute atomic E-state index is 0.0311. The van der Waals surface area contributed by atoms with Gasteiger partial charge in [-0.15, -0.1) is 0 Å². The maximum atomic E-state index is 12.1. The molecule has 0 saturated carbocycles. The molecule has 2 aromatic rings. The number of carbonyl (C=O) groups is 1. The van der Waals surface area contributed by atoms with Gasteiger partial charge in [0.2, 0.25) is 5.91 Å². The highest BCUT2D eigenvalue weighted by Gasteiger charge is 2.10. The van der Waals surface area contributed by atoms with Crippen molar-refractivity contribution in [3.63, 3.8) is 0 Å². The van der Waals surface area contributed by atoms with E-state index in [-0.39, 0.29) is 11.9 Å². The van der Waals surface area contributed by atoms with Gasteiger partial charge in [0.1, 0.15) is 5.75 Å². The van der Waals surface area contributed by atoms with Gasteiger partial charge in [0.25, 0.3) is 0 Å². The molecule has 0 radical (unpaired) electrons. The van der Waals surface area contributed by atoms with E-state index >= 15 is 0 Å². The molecule has 3 heteroatoms. The van der Waals surface area contributed by atoms with Gasteiger partial charge in [0, 0.05) is 6.08 Å². The van der Waals surface area contributed by atoms with Crippen molar-refractivity contribution >= 4 is 12.0 Å². The Morgan fingerprint density at radius 1 is 1.13 bits per heavy atom. The number of aryl methyl sites for hydroxylation is 1. The molecule has 0 unspecified atom stereocenters. The second kappa shape index (κ2) is 8.18. The van der Waals surface area contributed by atoms with Crippen molar-refractivity contribution in [2.75, 3.05) is 7.11 Å². The fourth-order valence-electron chi connectivity index (χ4n) is 2.33. The first-order valence-corrected chi connectivity index (χ1v) is 7.81. The van der Waals surface area contributed by atoms with E-state index in [1.165, 1.54) is 5.56 Å². The van der Waals surface area contributed by atoms with Crippen LogP contribution < -0.4 is 10.1 Å². The Labute approximate surface area is 138 Å². The van der Waals surface area contributed by atoms with E-state index in [2.05, 4.69) is 43.4 Å². The monoisotopic (exact) mass is 309 g/mol.